The molecule has 2 aliphatic heterocycles. The van der Waals surface area contributed by atoms with Crippen LogP contribution in [-0.4, -0.2) is 49.8 Å². The molecule has 7 nitrogen and oxygen atoms in total. The van der Waals surface area contributed by atoms with E-state index in [-0.39, 0.29) is 10.2 Å². The summed E-state index contributed by atoms with van der Waals surface area (Å²) in [6.07, 6.45) is 3.61. The minimum atomic E-state index is -3.56. The maximum absolute atomic E-state index is 13.4. The quantitative estimate of drug-likeness (QED) is 0.762. The van der Waals surface area contributed by atoms with Gasteiger partial charge in [0.2, 0.25) is 15.0 Å². The van der Waals surface area contributed by atoms with Crippen LogP contribution in [0.25, 0.3) is 0 Å². The third kappa shape index (κ3) is 3.22. The van der Waals surface area contributed by atoms with E-state index >= 15 is 0 Å². The number of hydrogen-bond acceptors (Lipinski definition) is 7. The lowest BCUT2D eigenvalue weighted by molar-refractivity contribution is 0.577. The maximum Gasteiger partial charge on any atom is 0.248 e. The minimum Gasteiger partial charge on any atom is -0.361 e. The van der Waals surface area contributed by atoms with Crippen molar-refractivity contribution in [3.05, 3.63) is 35.2 Å². The zero-order chi connectivity index (χ0) is 18.5. The van der Waals surface area contributed by atoms with Gasteiger partial charge < -0.3 is 15.5 Å². The number of aromatic nitrogens is 2. The molecule has 0 radical (unpaired) electrons. The third-order valence-corrected chi connectivity index (χ3v) is 5.78. The van der Waals surface area contributed by atoms with Gasteiger partial charge in [0, 0.05) is 37.1 Å². The van der Waals surface area contributed by atoms with Crippen LogP contribution in [0.1, 0.15) is 6.42 Å². The lowest BCUT2D eigenvalue weighted by Gasteiger charge is -2.30. The lowest BCUT2D eigenvalue weighted by Crippen LogP contribution is -2.44. The Morgan fingerprint density at radius 1 is 1.42 bits per heavy atom. The van der Waals surface area contributed by atoms with Crippen LogP contribution in [0.5, 0.6) is 0 Å². The van der Waals surface area contributed by atoms with Gasteiger partial charge >= 0.3 is 0 Å². The van der Waals surface area contributed by atoms with Crippen LogP contribution in [0.4, 0.5) is 21.6 Å². The molecule has 26 heavy (non-hydrogen) atoms. The van der Waals surface area contributed by atoms with E-state index < -0.39 is 15.7 Å². The summed E-state index contributed by atoms with van der Waals surface area (Å²) >= 11 is 5.84. The van der Waals surface area contributed by atoms with E-state index in [1.54, 1.807) is 0 Å². The summed E-state index contributed by atoms with van der Waals surface area (Å²) < 4.78 is 37.1. The first kappa shape index (κ1) is 17.4. The molecule has 2 atom stereocenters. The molecule has 1 aromatic heterocycles. The second-order valence-electron chi connectivity index (χ2n) is 6.56. The average Bonchev–Trinajstić information content (AvgIpc) is 3.20. The number of fused-ring (bicyclic) bond motifs is 2. The Morgan fingerprint density at radius 3 is 2.85 bits per heavy atom. The molecule has 2 N–H and O–H groups in total. The Morgan fingerprint density at radius 2 is 2.23 bits per heavy atom. The molecule has 4 rings (SSSR count). The molecule has 2 saturated heterocycles. The first-order valence-electron chi connectivity index (χ1n) is 8.10. The molecule has 0 saturated carbocycles. The first-order valence-corrected chi connectivity index (χ1v) is 10.4. The van der Waals surface area contributed by atoms with E-state index in [1.807, 2.05) is 0 Å². The van der Waals surface area contributed by atoms with Gasteiger partial charge in [-0.3, -0.25) is 0 Å². The van der Waals surface area contributed by atoms with Crippen molar-refractivity contribution in [1.29, 1.82) is 0 Å². The zero-order valence-electron chi connectivity index (χ0n) is 13.9. The van der Waals surface area contributed by atoms with E-state index in [9.17, 15) is 12.8 Å². The molecule has 3 heterocycles. The number of piperazine rings is 1. The summed E-state index contributed by atoms with van der Waals surface area (Å²) in [4.78, 5) is 10.4. The maximum atomic E-state index is 13.4. The largest absolute Gasteiger partial charge is 0.361 e. The number of halogens is 2. The Bertz CT molecular complexity index is 971. The number of sulfone groups is 1. The Labute approximate surface area is 155 Å². The predicted octanol–water partition coefficient (Wildman–Crippen LogP) is 1.97. The molecule has 0 unspecified atom stereocenters. The van der Waals surface area contributed by atoms with Gasteiger partial charge in [0.05, 0.1) is 16.9 Å². The zero-order valence-corrected chi connectivity index (χ0v) is 15.5. The van der Waals surface area contributed by atoms with Crippen LogP contribution < -0.4 is 15.5 Å². The van der Waals surface area contributed by atoms with Crippen molar-refractivity contribution in [3.63, 3.8) is 0 Å². The van der Waals surface area contributed by atoms with Gasteiger partial charge in [-0.05, 0) is 24.6 Å². The van der Waals surface area contributed by atoms with Gasteiger partial charge in [-0.25, -0.2) is 17.8 Å². The summed E-state index contributed by atoms with van der Waals surface area (Å²) in [6, 6.07) is 4.91. The van der Waals surface area contributed by atoms with Gasteiger partial charge in [0.15, 0.2) is 5.82 Å². The second-order valence-corrected chi connectivity index (χ2v) is 8.88. The Hall–Kier alpha value is -1.97. The smallest absolute Gasteiger partial charge is 0.248 e. The van der Waals surface area contributed by atoms with Gasteiger partial charge in [-0.2, -0.15) is 4.98 Å². The number of nitrogens with one attached hydrogen (secondary N) is 2. The molecular weight excluding hydrogens is 381 g/mol. The highest BCUT2D eigenvalue weighted by atomic mass is 35.5. The molecule has 2 bridgehead atoms. The minimum absolute atomic E-state index is 0.0293. The summed E-state index contributed by atoms with van der Waals surface area (Å²) in [7, 11) is -3.56. The summed E-state index contributed by atoms with van der Waals surface area (Å²) in [5.41, 5.74) is 1.23. The number of hydrogen-bond donors (Lipinski definition) is 2. The van der Waals surface area contributed by atoms with Gasteiger partial charge in [0.1, 0.15) is 5.82 Å². The van der Waals surface area contributed by atoms with Crippen molar-refractivity contribution in [3.8, 4) is 0 Å². The highest BCUT2D eigenvalue weighted by Gasteiger charge is 2.39. The van der Waals surface area contributed by atoms with E-state index in [0.717, 1.165) is 25.8 Å². The molecule has 2 aromatic rings. The molecule has 1 aromatic carbocycles. The second kappa shape index (κ2) is 6.33. The topological polar surface area (TPSA) is 87.2 Å². The van der Waals surface area contributed by atoms with Crippen LogP contribution in [0, 0.1) is 5.82 Å². The van der Waals surface area contributed by atoms with Crippen LogP contribution >= 0.6 is 11.6 Å². The SMILES string of the molecule is CS(=O)(=O)c1ncc(N2C[C@@H]3C[C@H]2CN3)c(Nc2ccc(F)c(Cl)c2)n1. The standard InChI is InChI=1S/C16H17ClFN5O2S/c1-26(24,25)16-20-7-14(23-8-10-4-11(23)6-19-10)15(22-16)21-9-2-3-13(18)12(17)5-9/h2-3,5,7,10-11,19H,4,6,8H2,1H3,(H,20,21,22)/t10-,11-/m0/s1. The first-order chi connectivity index (χ1) is 12.3. The summed E-state index contributed by atoms with van der Waals surface area (Å²) in [5.74, 6) is -0.171. The van der Waals surface area contributed by atoms with Crippen LogP contribution in [0.15, 0.2) is 29.6 Å². The van der Waals surface area contributed by atoms with Crippen molar-refractivity contribution in [2.24, 2.45) is 0 Å². The fourth-order valence-corrected chi connectivity index (χ4v) is 4.09. The number of nitrogens with zero attached hydrogens (tertiary/aromatic N) is 3. The van der Waals surface area contributed by atoms with Crippen molar-refractivity contribution in [2.75, 3.05) is 29.6 Å². The molecule has 0 aliphatic carbocycles. The van der Waals surface area contributed by atoms with Gasteiger partial charge in [0.25, 0.3) is 0 Å². The van der Waals surface area contributed by atoms with Gasteiger partial charge in [-0.15, -0.1) is 0 Å². The van der Waals surface area contributed by atoms with Crippen molar-refractivity contribution in [2.45, 2.75) is 23.7 Å². The number of benzene rings is 1. The monoisotopic (exact) mass is 397 g/mol. The molecule has 2 aliphatic rings. The van der Waals surface area contributed by atoms with Crippen LogP contribution in [0.3, 0.4) is 0 Å². The normalized spacial score (nSPS) is 22.0. The summed E-state index contributed by atoms with van der Waals surface area (Å²) in [6.45, 7) is 1.66. The molecule has 0 amide bonds. The van der Waals surface area contributed by atoms with Crippen LogP contribution in [0.2, 0.25) is 5.02 Å². The van der Waals surface area contributed by atoms with Crippen molar-refractivity contribution in [1.82, 2.24) is 15.3 Å². The fourth-order valence-electron chi connectivity index (χ4n) is 3.41. The average molecular weight is 398 g/mol. The molecular formula is C16H17ClFN5O2S. The fraction of sp³-hybridized carbons (Fsp3) is 0.375. The van der Waals surface area contributed by atoms with E-state index in [1.165, 1.54) is 24.4 Å². The van der Waals surface area contributed by atoms with Crippen molar-refractivity contribution >= 4 is 38.6 Å². The Balaban J connectivity index is 1.75. The lowest BCUT2D eigenvalue weighted by atomic mass is 10.2. The van der Waals surface area contributed by atoms with E-state index in [2.05, 4.69) is 25.5 Å². The van der Waals surface area contributed by atoms with E-state index in [0.29, 0.717) is 29.3 Å². The molecule has 2 fully saturated rings. The van der Waals surface area contributed by atoms with Crippen molar-refractivity contribution < 1.29 is 12.8 Å². The number of anilines is 3. The predicted molar refractivity (Wildman–Crippen MR) is 97.4 cm³/mol. The highest BCUT2D eigenvalue weighted by molar-refractivity contribution is 7.90. The third-order valence-electron chi connectivity index (χ3n) is 4.63. The van der Waals surface area contributed by atoms with Gasteiger partial charge in [-0.1, -0.05) is 11.6 Å². The summed E-state index contributed by atoms with van der Waals surface area (Å²) in [5, 5.41) is 6.18. The van der Waals surface area contributed by atoms with E-state index in [4.69, 9.17) is 11.6 Å². The molecule has 0 spiro atoms. The van der Waals surface area contributed by atoms with Crippen LogP contribution in [-0.2, 0) is 9.84 Å². The molecule has 138 valence electrons. The number of rotatable bonds is 4. The molecule has 10 heteroatoms. The Kier molecular flexibility index (Phi) is 4.25. The highest BCUT2D eigenvalue weighted by Crippen LogP contribution is 2.35.